The number of fused-ring (bicyclic) bond motifs is 1. The number of thiophene rings is 1. The van der Waals surface area contributed by atoms with Crippen molar-refractivity contribution >= 4 is 22.9 Å². The summed E-state index contributed by atoms with van der Waals surface area (Å²) in [5, 5.41) is 7.94. The zero-order valence-corrected chi connectivity index (χ0v) is 19.4. The molecule has 36 heavy (non-hydrogen) atoms. The fourth-order valence-electron chi connectivity index (χ4n) is 3.41. The minimum atomic E-state index is -4.66. The first-order chi connectivity index (χ1) is 17.2. The number of benzene rings is 1. The van der Waals surface area contributed by atoms with E-state index in [1.807, 2.05) is 13.0 Å². The van der Waals surface area contributed by atoms with Gasteiger partial charge in [-0.3, -0.25) is 4.79 Å². The lowest BCUT2D eigenvalue weighted by molar-refractivity contribution is -0.142. The van der Waals surface area contributed by atoms with Crippen LogP contribution in [0.4, 0.5) is 13.2 Å². The number of amides is 1. The van der Waals surface area contributed by atoms with Crippen molar-refractivity contribution in [2.24, 2.45) is 5.73 Å². The lowest BCUT2D eigenvalue weighted by Crippen LogP contribution is -2.19. The number of hydrogen-bond acceptors (Lipinski definition) is 8. The highest BCUT2D eigenvalue weighted by molar-refractivity contribution is 7.15. The number of aromatic nitrogens is 5. The molecule has 0 radical (unpaired) electrons. The van der Waals surface area contributed by atoms with E-state index in [0.29, 0.717) is 16.2 Å². The van der Waals surface area contributed by atoms with Crippen molar-refractivity contribution in [1.82, 2.24) is 24.7 Å². The zero-order valence-electron chi connectivity index (χ0n) is 18.6. The molecule has 0 unspecified atom stereocenters. The second kappa shape index (κ2) is 9.07. The third kappa shape index (κ3) is 4.64. The molecule has 13 heteroatoms. The molecule has 0 atom stereocenters. The Bertz CT molecular complexity index is 1560. The molecule has 4 aromatic heterocycles. The summed E-state index contributed by atoms with van der Waals surface area (Å²) >= 11 is 1.39. The van der Waals surface area contributed by atoms with Crippen LogP contribution in [0.3, 0.4) is 0 Å². The molecule has 1 aromatic carbocycles. The van der Waals surface area contributed by atoms with Crippen LogP contribution in [0, 0.1) is 0 Å². The van der Waals surface area contributed by atoms with Gasteiger partial charge in [0.2, 0.25) is 5.82 Å². The van der Waals surface area contributed by atoms with E-state index in [4.69, 9.17) is 15.0 Å². The number of carbonyl (C=O) groups is 1. The molecule has 0 aliphatic rings. The second-order valence-corrected chi connectivity index (χ2v) is 8.81. The second-order valence-electron chi connectivity index (χ2n) is 7.65. The number of primary amides is 1. The maximum atomic E-state index is 13.9. The van der Waals surface area contributed by atoms with Crippen molar-refractivity contribution in [3.63, 3.8) is 0 Å². The molecule has 0 spiro atoms. The van der Waals surface area contributed by atoms with E-state index in [-0.39, 0.29) is 35.4 Å². The van der Waals surface area contributed by atoms with Gasteiger partial charge in [0.25, 0.3) is 11.8 Å². The Kier molecular flexibility index (Phi) is 5.92. The van der Waals surface area contributed by atoms with Gasteiger partial charge in [-0.05, 0) is 48.9 Å². The number of ether oxygens (including phenoxy) is 1. The van der Waals surface area contributed by atoms with E-state index < -0.39 is 17.8 Å². The number of carbonyl (C=O) groups excluding carboxylic acids is 1. The molecule has 0 saturated carbocycles. The van der Waals surface area contributed by atoms with Crippen molar-refractivity contribution in [2.45, 2.75) is 19.5 Å². The summed E-state index contributed by atoms with van der Waals surface area (Å²) < 4.78 is 52.8. The third-order valence-electron chi connectivity index (χ3n) is 5.12. The van der Waals surface area contributed by atoms with Crippen LogP contribution in [-0.2, 0) is 17.4 Å². The van der Waals surface area contributed by atoms with Crippen LogP contribution in [0.5, 0.6) is 5.75 Å². The van der Waals surface area contributed by atoms with Crippen LogP contribution in [0.15, 0.2) is 53.1 Å². The molecular weight excluding hydrogens is 497 g/mol. The van der Waals surface area contributed by atoms with E-state index >= 15 is 0 Å². The Morgan fingerprint density at radius 2 is 1.89 bits per heavy atom. The fourth-order valence-corrected chi connectivity index (χ4v) is 4.32. The number of halogens is 3. The normalized spacial score (nSPS) is 11.8. The summed E-state index contributed by atoms with van der Waals surface area (Å²) in [7, 11) is 0. The molecule has 184 valence electrons. The van der Waals surface area contributed by atoms with E-state index in [0.717, 1.165) is 21.9 Å². The maximum absolute atomic E-state index is 13.9. The summed E-state index contributed by atoms with van der Waals surface area (Å²) in [5.41, 5.74) is 4.89. The largest absolute Gasteiger partial charge is 0.484 e. The standard InChI is InChI=1S/C23H17F3N6O3S/c1-2-14-7-8-17(36-14)15-9-18(23(24,25)26)32-20(28-15)10-16(30-32)22-29-21(31-35-22)12-3-5-13(6-4-12)34-11-19(27)33/h3-10H,2,11H2,1H3,(H2,27,33). The molecule has 5 rings (SSSR count). The van der Waals surface area contributed by atoms with Gasteiger partial charge in [-0.15, -0.1) is 11.3 Å². The summed E-state index contributed by atoms with van der Waals surface area (Å²) in [6.07, 6.45) is -3.89. The Labute approximate surface area is 205 Å². The first-order valence-corrected chi connectivity index (χ1v) is 11.5. The van der Waals surface area contributed by atoms with Crippen molar-refractivity contribution in [3.05, 3.63) is 59.1 Å². The van der Waals surface area contributed by atoms with Crippen molar-refractivity contribution in [1.29, 1.82) is 0 Å². The molecule has 0 bridgehead atoms. The van der Waals surface area contributed by atoms with Crippen molar-refractivity contribution in [2.75, 3.05) is 6.61 Å². The SMILES string of the molecule is CCc1ccc(-c2cc(C(F)(F)F)n3nc(-c4nc(-c5ccc(OCC(N)=O)cc5)no4)cc3n2)s1. The molecular formula is C23H17F3N6O3S. The Morgan fingerprint density at radius 3 is 2.56 bits per heavy atom. The Balaban J connectivity index is 1.49. The average Bonchev–Trinajstić information content (AvgIpc) is 3.60. The molecule has 5 aromatic rings. The molecule has 0 saturated heterocycles. The molecule has 0 fully saturated rings. The quantitative estimate of drug-likeness (QED) is 0.336. The van der Waals surface area contributed by atoms with Crippen LogP contribution < -0.4 is 10.5 Å². The summed E-state index contributed by atoms with van der Waals surface area (Å²) in [5.74, 6) is -0.0618. The highest BCUT2D eigenvalue weighted by atomic mass is 32.1. The molecule has 1 amide bonds. The van der Waals surface area contributed by atoms with Crippen LogP contribution in [0.25, 0.3) is 39.2 Å². The van der Waals surface area contributed by atoms with Gasteiger partial charge in [-0.2, -0.15) is 23.3 Å². The van der Waals surface area contributed by atoms with E-state index in [9.17, 15) is 18.0 Å². The first kappa shape index (κ1) is 23.5. The highest BCUT2D eigenvalue weighted by Gasteiger charge is 2.36. The van der Waals surface area contributed by atoms with Gasteiger partial charge in [0.1, 0.15) is 5.75 Å². The lowest BCUT2D eigenvalue weighted by atomic mass is 10.2. The predicted molar refractivity (Wildman–Crippen MR) is 124 cm³/mol. The van der Waals surface area contributed by atoms with Gasteiger partial charge in [0.05, 0.1) is 10.6 Å². The van der Waals surface area contributed by atoms with Crippen molar-refractivity contribution < 1.29 is 27.2 Å². The maximum Gasteiger partial charge on any atom is 0.433 e. The highest BCUT2D eigenvalue weighted by Crippen LogP contribution is 2.35. The van der Waals surface area contributed by atoms with E-state index in [1.165, 1.54) is 17.4 Å². The minimum Gasteiger partial charge on any atom is -0.484 e. The van der Waals surface area contributed by atoms with Gasteiger partial charge >= 0.3 is 6.18 Å². The van der Waals surface area contributed by atoms with Crippen LogP contribution in [-0.4, -0.2) is 37.3 Å². The van der Waals surface area contributed by atoms with Gasteiger partial charge in [0.15, 0.2) is 23.6 Å². The number of aryl methyl sites for hydroxylation is 1. The van der Waals surface area contributed by atoms with Gasteiger partial charge in [-0.25, -0.2) is 9.50 Å². The van der Waals surface area contributed by atoms with Gasteiger partial charge < -0.3 is 15.0 Å². The number of rotatable bonds is 7. The van der Waals surface area contributed by atoms with Gasteiger partial charge in [-0.1, -0.05) is 12.1 Å². The Morgan fingerprint density at radius 1 is 1.11 bits per heavy atom. The average molecular weight is 514 g/mol. The first-order valence-electron chi connectivity index (χ1n) is 10.6. The zero-order chi connectivity index (χ0) is 25.4. The van der Waals surface area contributed by atoms with E-state index in [2.05, 4.69) is 20.2 Å². The van der Waals surface area contributed by atoms with E-state index in [1.54, 1.807) is 30.3 Å². The lowest BCUT2D eigenvalue weighted by Gasteiger charge is -2.10. The monoisotopic (exact) mass is 514 g/mol. The molecule has 9 nitrogen and oxygen atoms in total. The number of nitrogens with two attached hydrogens (primary N) is 1. The number of alkyl halides is 3. The molecule has 4 heterocycles. The van der Waals surface area contributed by atoms with Crippen molar-refractivity contribution in [3.8, 4) is 39.3 Å². The number of nitrogens with zero attached hydrogens (tertiary/aromatic N) is 5. The van der Waals surface area contributed by atoms with Gasteiger partial charge in [0, 0.05) is 16.5 Å². The van der Waals surface area contributed by atoms with Crippen LogP contribution in [0.2, 0.25) is 0 Å². The summed E-state index contributed by atoms with van der Waals surface area (Å²) in [6, 6.07) is 12.4. The van der Waals surface area contributed by atoms with Crippen LogP contribution in [0.1, 0.15) is 17.5 Å². The third-order valence-corrected chi connectivity index (χ3v) is 6.37. The van der Waals surface area contributed by atoms with Crippen LogP contribution >= 0.6 is 11.3 Å². The topological polar surface area (TPSA) is 121 Å². The smallest absolute Gasteiger partial charge is 0.433 e. The Hall–Kier alpha value is -4.26. The molecule has 0 aliphatic heterocycles. The predicted octanol–water partition coefficient (Wildman–Crippen LogP) is 4.62. The minimum absolute atomic E-state index is 0.00280. The summed E-state index contributed by atoms with van der Waals surface area (Å²) in [6.45, 7) is 1.71. The number of hydrogen-bond donors (Lipinski definition) is 1. The molecule has 2 N–H and O–H groups in total. The fraction of sp³-hybridized carbons (Fsp3) is 0.174. The molecule has 0 aliphatic carbocycles. The summed E-state index contributed by atoms with van der Waals surface area (Å²) in [4.78, 5) is 21.2.